The Labute approximate surface area is 174 Å². The first-order valence-electron chi connectivity index (χ1n) is 10.1. The van der Waals surface area contributed by atoms with Crippen LogP contribution in [-0.2, 0) is 22.4 Å². The molecule has 1 aliphatic rings. The van der Waals surface area contributed by atoms with Crippen molar-refractivity contribution < 1.29 is 18.7 Å². The summed E-state index contributed by atoms with van der Waals surface area (Å²) in [6, 6.07) is 13.1. The van der Waals surface area contributed by atoms with Crippen LogP contribution in [0, 0.1) is 5.82 Å². The molecule has 0 saturated carbocycles. The van der Waals surface area contributed by atoms with E-state index in [1.54, 1.807) is 26.0 Å². The molecule has 0 radical (unpaired) electrons. The summed E-state index contributed by atoms with van der Waals surface area (Å²) in [5.74, 6) is -1.25. The Bertz CT molecular complexity index is 1110. The second kappa shape index (κ2) is 8.22. The number of carbonyl (C=O) groups excluding carboxylic acids is 2. The van der Waals surface area contributed by atoms with E-state index < -0.39 is 18.0 Å². The standard InChI is InChI=1S/C24H23FN2O3/c1-14(16-10-12-17(25)13-11-16)26-23(28)15(2)30-24(29)22-18-6-3-4-8-20(18)27-21-9-5-7-19(21)22/h3-4,6,8,10-15H,5,7,9H2,1-2H3,(H,26,28)/t14-,15-/m1/s1. The van der Waals surface area contributed by atoms with E-state index >= 15 is 0 Å². The van der Waals surface area contributed by atoms with Gasteiger partial charge in [-0.05, 0) is 62.4 Å². The molecule has 6 heteroatoms. The summed E-state index contributed by atoms with van der Waals surface area (Å²) in [7, 11) is 0. The Balaban J connectivity index is 1.51. The second-order valence-electron chi connectivity index (χ2n) is 7.61. The largest absolute Gasteiger partial charge is 0.449 e. The number of nitrogens with one attached hydrogen (secondary N) is 1. The van der Waals surface area contributed by atoms with Gasteiger partial charge in [-0.15, -0.1) is 0 Å². The number of para-hydroxylation sites is 1. The van der Waals surface area contributed by atoms with Crippen LogP contribution < -0.4 is 5.32 Å². The lowest BCUT2D eigenvalue weighted by Gasteiger charge is -2.19. The second-order valence-corrected chi connectivity index (χ2v) is 7.61. The third-order valence-electron chi connectivity index (χ3n) is 5.51. The highest BCUT2D eigenvalue weighted by Crippen LogP contribution is 2.30. The lowest BCUT2D eigenvalue weighted by molar-refractivity contribution is -0.129. The van der Waals surface area contributed by atoms with Gasteiger partial charge in [-0.1, -0.05) is 30.3 Å². The van der Waals surface area contributed by atoms with E-state index in [0.717, 1.165) is 47.0 Å². The van der Waals surface area contributed by atoms with E-state index in [4.69, 9.17) is 4.74 Å². The zero-order chi connectivity index (χ0) is 21.3. The normalized spacial score (nSPS) is 14.8. The fourth-order valence-corrected chi connectivity index (χ4v) is 3.88. The van der Waals surface area contributed by atoms with Crippen LogP contribution in [0.4, 0.5) is 4.39 Å². The highest BCUT2D eigenvalue weighted by atomic mass is 19.1. The predicted octanol–water partition coefficient (Wildman–Crippen LogP) is 4.29. The van der Waals surface area contributed by atoms with Crippen molar-refractivity contribution >= 4 is 22.8 Å². The monoisotopic (exact) mass is 406 g/mol. The Morgan fingerprint density at radius 2 is 1.80 bits per heavy atom. The predicted molar refractivity (Wildman–Crippen MR) is 112 cm³/mol. The van der Waals surface area contributed by atoms with E-state index in [1.165, 1.54) is 12.1 Å². The van der Waals surface area contributed by atoms with Crippen LogP contribution in [-0.4, -0.2) is 23.0 Å². The maximum absolute atomic E-state index is 13.1. The molecule has 154 valence electrons. The van der Waals surface area contributed by atoms with Crippen LogP contribution in [0.2, 0.25) is 0 Å². The maximum atomic E-state index is 13.1. The molecular weight excluding hydrogens is 383 g/mol. The van der Waals surface area contributed by atoms with Crippen LogP contribution in [0.25, 0.3) is 10.9 Å². The Hall–Kier alpha value is -3.28. The highest BCUT2D eigenvalue weighted by Gasteiger charge is 2.27. The molecule has 30 heavy (non-hydrogen) atoms. The van der Waals surface area contributed by atoms with Crippen LogP contribution in [0.5, 0.6) is 0 Å². The van der Waals surface area contributed by atoms with Crippen molar-refractivity contribution in [3.05, 3.63) is 76.7 Å². The number of rotatable bonds is 5. The number of carbonyl (C=O) groups is 2. The third-order valence-corrected chi connectivity index (χ3v) is 5.51. The number of pyridine rings is 1. The van der Waals surface area contributed by atoms with Crippen molar-refractivity contribution in [2.45, 2.75) is 45.3 Å². The molecule has 1 aromatic heterocycles. The number of aryl methyl sites for hydroxylation is 1. The van der Waals surface area contributed by atoms with Crippen molar-refractivity contribution in [1.29, 1.82) is 0 Å². The molecule has 3 aromatic rings. The van der Waals surface area contributed by atoms with Gasteiger partial charge in [0.1, 0.15) is 5.82 Å². The van der Waals surface area contributed by atoms with Crippen molar-refractivity contribution in [3.8, 4) is 0 Å². The fraction of sp³-hybridized carbons (Fsp3) is 0.292. The summed E-state index contributed by atoms with van der Waals surface area (Å²) in [6.07, 6.45) is 1.60. The number of benzene rings is 2. The first-order valence-corrected chi connectivity index (χ1v) is 10.1. The van der Waals surface area contributed by atoms with Gasteiger partial charge < -0.3 is 10.1 Å². The molecule has 0 fully saturated rings. The fourth-order valence-electron chi connectivity index (χ4n) is 3.88. The smallest absolute Gasteiger partial charge is 0.339 e. The molecular formula is C24H23FN2O3. The molecule has 1 amide bonds. The highest BCUT2D eigenvalue weighted by molar-refractivity contribution is 6.06. The minimum Gasteiger partial charge on any atom is -0.449 e. The van der Waals surface area contributed by atoms with E-state index in [9.17, 15) is 14.0 Å². The van der Waals surface area contributed by atoms with Crippen LogP contribution in [0.1, 0.15) is 53.5 Å². The molecule has 1 heterocycles. The van der Waals surface area contributed by atoms with Crippen molar-refractivity contribution in [3.63, 3.8) is 0 Å². The first kappa shape index (κ1) is 20.0. The maximum Gasteiger partial charge on any atom is 0.339 e. The number of fused-ring (bicyclic) bond motifs is 2. The van der Waals surface area contributed by atoms with Crippen molar-refractivity contribution in [1.82, 2.24) is 10.3 Å². The Morgan fingerprint density at radius 1 is 1.07 bits per heavy atom. The number of hydrogen-bond donors (Lipinski definition) is 1. The van der Waals surface area contributed by atoms with Crippen molar-refractivity contribution in [2.24, 2.45) is 0 Å². The summed E-state index contributed by atoms with van der Waals surface area (Å²) < 4.78 is 18.7. The molecule has 1 aliphatic carbocycles. The summed E-state index contributed by atoms with van der Waals surface area (Å²) in [5.41, 5.74) is 3.89. The third kappa shape index (κ3) is 3.90. The van der Waals surface area contributed by atoms with Gasteiger partial charge in [-0.2, -0.15) is 0 Å². The number of ether oxygens (including phenoxy) is 1. The van der Waals surface area contributed by atoms with E-state index in [-0.39, 0.29) is 11.9 Å². The lowest BCUT2D eigenvalue weighted by atomic mass is 10.0. The van der Waals surface area contributed by atoms with Gasteiger partial charge in [0.2, 0.25) is 0 Å². The minimum absolute atomic E-state index is 0.336. The van der Waals surface area contributed by atoms with Crippen LogP contribution in [0.3, 0.4) is 0 Å². The molecule has 0 bridgehead atoms. The van der Waals surface area contributed by atoms with Gasteiger partial charge in [0, 0.05) is 11.1 Å². The average molecular weight is 406 g/mol. The summed E-state index contributed by atoms with van der Waals surface area (Å²) >= 11 is 0. The van der Waals surface area contributed by atoms with Gasteiger partial charge >= 0.3 is 5.97 Å². The van der Waals surface area contributed by atoms with Gasteiger partial charge in [0.25, 0.3) is 5.91 Å². The van der Waals surface area contributed by atoms with Gasteiger partial charge in [-0.3, -0.25) is 9.78 Å². The number of hydrogen-bond acceptors (Lipinski definition) is 4. The zero-order valence-electron chi connectivity index (χ0n) is 16.9. The Morgan fingerprint density at radius 3 is 2.57 bits per heavy atom. The number of nitrogens with zero attached hydrogens (tertiary/aromatic N) is 1. The molecule has 0 spiro atoms. The number of esters is 1. The number of aromatic nitrogens is 1. The quantitative estimate of drug-likeness (QED) is 0.642. The number of halogens is 1. The molecule has 2 atom stereocenters. The first-order chi connectivity index (χ1) is 14.4. The van der Waals surface area contributed by atoms with Crippen molar-refractivity contribution in [2.75, 3.05) is 0 Å². The Kier molecular flexibility index (Phi) is 5.48. The zero-order valence-corrected chi connectivity index (χ0v) is 16.9. The van der Waals surface area contributed by atoms with Crippen LogP contribution in [0.15, 0.2) is 48.5 Å². The van der Waals surface area contributed by atoms with Crippen LogP contribution >= 0.6 is 0 Å². The van der Waals surface area contributed by atoms with E-state index in [0.29, 0.717) is 5.56 Å². The SMILES string of the molecule is C[C@@H](OC(=O)c1c2c(nc3ccccc13)CCC2)C(=O)N[C@H](C)c1ccc(F)cc1. The van der Waals surface area contributed by atoms with E-state index in [1.807, 2.05) is 24.3 Å². The molecule has 0 aliphatic heterocycles. The van der Waals surface area contributed by atoms with Gasteiger partial charge in [-0.25, -0.2) is 9.18 Å². The topological polar surface area (TPSA) is 68.3 Å². The molecule has 0 saturated heterocycles. The minimum atomic E-state index is -0.968. The number of amides is 1. The molecule has 0 unspecified atom stereocenters. The van der Waals surface area contributed by atoms with Gasteiger partial charge in [0.05, 0.1) is 17.1 Å². The summed E-state index contributed by atoms with van der Waals surface area (Å²) in [6.45, 7) is 3.34. The summed E-state index contributed by atoms with van der Waals surface area (Å²) in [5, 5.41) is 3.56. The average Bonchev–Trinajstić information content (AvgIpc) is 3.20. The lowest BCUT2D eigenvalue weighted by Crippen LogP contribution is -2.37. The molecule has 4 rings (SSSR count). The summed E-state index contributed by atoms with van der Waals surface area (Å²) in [4.78, 5) is 30.3. The molecule has 2 aromatic carbocycles. The molecule has 5 nitrogen and oxygen atoms in total. The van der Waals surface area contributed by atoms with E-state index in [2.05, 4.69) is 10.3 Å². The van der Waals surface area contributed by atoms with Gasteiger partial charge in [0.15, 0.2) is 6.10 Å². The molecule has 1 N–H and O–H groups in total.